The van der Waals surface area contributed by atoms with Crippen molar-refractivity contribution in [2.75, 3.05) is 20.6 Å². The molecule has 2 bridgehead atoms. The van der Waals surface area contributed by atoms with Gasteiger partial charge in [0.2, 0.25) is 0 Å². The number of benzene rings is 1. The summed E-state index contributed by atoms with van der Waals surface area (Å²) in [6.45, 7) is 0.192. The van der Waals surface area contributed by atoms with Gasteiger partial charge >= 0.3 is 0 Å². The maximum Gasteiger partial charge on any atom is 0.165 e. The Bertz CT molecular complexity index is 998. The first kappa shape index (κ1) is 7.37. The SMILES string of the molecule is [2H]C([2H])([2H])Oc1ccc2c3c1OC1([2H])C(O)C=C[C@]4([2H])[C@@]31CCN(C)[C@]4([2H])C2([2H])[2H]. The first-order valence-electron chi connectivity index (χ1n) is 11.3. The highest BCUT2D eigenvalue weighted by Crippen LogP contribution is 2.62. The molecule has 4 heteroatoms. The van der Waals surface area contributed by atoms with E-state index in [0.29, 0.717) is 0 Å². The molecule has 0 saturated carbocycles. The Morgan fingerprint density at radius 3 is 3.32 bits per heavy atom. The molecular weight excluding hydrogens is 278 g/mol. The Kier molecular flexibility index (Phi) is 1.36. The van der Waals surface area contributed by atoms with Crippen molar-refractivity contribution in [2.24, 2.45) is 5.89 Å². The molecule has 4 aliphatic rings. The molecule has 22 heavy (non-hydrogen) atoms. The third kappa shape index (κ3) is 1.28. The van der Waals surface area contributed by atoms with E-state index >= 15 is 0 Å². The molecule has 2 aliphatic heterocycles. The lowest BCUT2D eigenvalue weighted by Gasteiger charge is -2.56. The smallest absolute Gasteiger partial charge is 0.165 e. The van der Waals surface area contributed by atoms with Gasteiger partial charge in [-0.3, -0.25) is 0 Å². The summed E-state index contributed by atoms with van der Waals surface area (Å²) in [5, 5.41) is 10.8. The van der Waals surface area contributed by atoms with Crippen molar-refractivity contribution < 1.29 is 25.5 Å². The summed E-state index contributed by atoms with van der Waals surface area (Å²) < 4.78 is 78.9. The molecule has 1 N–H and O–H groups in total. The highest BCUT2D eigenvalue weighted by atomic mass is 16.5. The minimum Gasteiger partial charge on any atom is -0.493 e. The third-order valence-corrected chi connectivity index (χ3v) is 5.18. The Morgan fingerprint density at radius 1 is 1.55 bits per heavy atom. The molecule has 1 aromatic rings. The Morgan fingerprint density at radius 2 is 2.45 bits per heavy atom. The van der Waals surface area contributed by atoms with E-state index in [9.17, 15) is 7.85 Å². The van der Waals surface area contributed by atoms with Crippen molar-refractivity contribution in [3.05, 3.63) is 35.4 Å². The average Bonchev–Trinajstić information content (AvgIpc) is 2.91. The molecule has 0 amide bonds. The first-order chi connectivity index (χ1) is 13.7. The molecule has 4 nitrogen and oxygen atoms in total. The molecule has 116 valence electrons. The lowest BCUT2D eigenvalue weighted by Crippen LogP contribution is -2.64. The number of ether oxygens (including phenoxy) is 2. The minimum absolute atomic E-state index is 0.0523. The number of likely N-dealkylation sites (tertiary alicyclic amines) is 1. The number of hydrogen-bond donors (Lipinski definition) is 1. The number of aliphatic hydroxyl groups is 1. The number of piperidine rings is 1. The van der Waals surface area contributed by atoms with Gasteiger partial charge in [-0.2, -0.15) is 0 Å². The number of likely N-dealkylation sites (N-methyl/N-ethyl adjacent to an activating group) is 1. The normalized spacial score (nSPS) is 59.3. The van der Waals surface area contributed by atoms with Crippen LogP contribution in [0.15, 0.2) is 24.3 Å². The van der Waals surface area contributed by atoms with E-state index in [4.69, 9.17) is 17.7 Å². The summed E-state index contributed by atoms with van der Waals surface area (Å²) in [6, 6.07) is 0.487. The van der Waals surface area contributed by atoms with Gasteiger partial charge in [0, 0.05) is 28.4 Å². The Labute approximate surface area is 141 Å². The third-order valence-electron chi connectivity index (χ3n) is 5.18. The fraction of sp³-hybridized carbons (Fsp3) is 0.556. The zero-order valence-electron chi connectivity index (χ0n) is 20.0. The van der Waals surface area contributed by atoms with E-state index in [1.807, 2.05) is 0 Å². The van der Waals surface area contributed by atoms with Crippen LogP contribution in [0, 0.1) is 5.89 Å². The van der Waals surface area contributed by atoms with Gasteiger partial charge in [-0.15, -0.1) is 0 Å². The molecular formula is C18H21NO3. The summed E-state index contributed by atoms with van der Waals surface area (Å²) in [4.78, 5) is 1.47. The van der Waals surface area contributed by atoms with Gasteiger partial charge in [-0.1, -0.05) is 18.2 Å². The van der Waals surface area contributed by atoms with Crippen molar-refractivity contribution >= 4 is 0 Å². The van der Waals surface area contributed by atoms with Crippen LogP contribution in [0.25, 0.3) is 0 Å². The van der Waals surface area contributed by atoms with Crippen LogP contribution in [0.1, 0.15) is 28.5 Å². The van der Waals surface area contributed by atoms with Gasteiger partial charge in [-0.05, 0) is 38.0 Å². The highest BCUT2D eigenvalue weighted by molar-refractivity contribution is 5.62. The quantitative estimate of drug-likeness (QED) is 0.799. The molecule has 0 aromatic heterocycles. The largest absolute Gasteiger partial charge is 0.493 e. The second-order valence-corrected chi connectivity index (χ2v) is 6.15. The summed E-state index contributed by atoms with van der Waals surface area (Å²) in [5.74, 6) is -2.34. The van der Waals surface area contributed by atoms with Crippen LogP contribution >= 0.6 is 0 Å². The zero-order chi connectivity index (χ0) is 22.1. The lowest BCUT2D eigenvalue weighted by molar-refractivity contribution is -0.0453. The topological polar surface area (TPSA) is 41.9 Å². The molecule has 1 saturated heterocycles. The van der Waals surface area contributed by atoms with Gasteiger partial charge in [0.25, 0.3) is 0 Å². The summed E-state index contributed by atoms with van der Waals surface area (Å²) >= 11 is 0. The molecule has 0 radical (unpaired) electrons. The van der Waals surface area contributed by atoms with E-state index in [2.05, 4.69) is 0 Å². The highest BCUT2D eigenvalue weighted by Gasteiger charge is 2.64. The number of methoxy groups -OCH3 is 1. The van der Waals surface area contributed by atoms with E-state index in [-0.39, 0.29) is 35.6 Å². The van der Waals surface area contributed by atoms with E-state index in [1.165, 1.54) is 29.2 Å². The van der Waals surface area contributed by atoms with E-state index in [1.54, 1.807) is 7.05 Å². The molecule has 1 aromatic carbocycles. The van der Waals surface area contributed by atoms with Gasteiger partial charge in [0.05, 0.1) is 12.5 Å². The number of rotatable bonds is 1. The monoisotopic (exact) mass is 307 g/mol. The van der Waals surface area contributed by atoms with Crippen LogP contribution in [0.2, 0.25) is 0 Å². The molecule has 1 spiro atoms. The average molecular weight is 307 g/mol. The van der Waals surface area contributed by atoms with Crippen LogP contribution in [-0.2, 0) is 11.8 Å². The van der Waals surface area contributed by atoms with Crippen molar-refractivity contribution in [2.45, 2.75) is 36.4 Å². The molecule has 2 unspecified atom stereocenters. The van der Waals surface area contributed by atoms with E-state index in [0.717, 1.165) is 0 Å². The fourth-order valence-electron chi connectivity index (χ4n) is 4.20. The molecule has 5 rings (SSSR count). The summed E-state index contributed by atoms with van der Waals surface area (Å²) in [6.07, 6.45) is -3.31. The van der Waals surface area contributed by atoms with Crippen LogP contribution in [0.3, 0.4) is 0 Å². The lowest BCUT2D eigenvalue weighted by atomic mass is 9.53. The standard InChI is InChI=1S/C18H21NO3/c1-19-8-7-18-11-4-5-13(20)17(18)22-16-14(21-2)6-3-10(15(16)18)9-12(11)19/h3-6,11-13,17,20H,7-9H2,1-2H3/t11-,12+,13?,17?,18-/m0/s1/i2D3,9D2,11D,12D,17D. The Hall–Kier alpha value is -1.52. The number of nitrogens with zero attached hydrogens (tertiary/aromatic N) is 1. The first-order valence-corrected chi connectivity index (χ1v) is 7.32. The summed E-state index contributed by atoms with van der Waals surface area (Å²) in [5.41, 5.74) is -1.39. The Balaban J connectivity index is 1.93. The maximum absolute atomic E-state index is 10.8. The predicted octanol–water partition coefficient (Wildman–Crippen LogP) is 1.50. The van der Waals surface area contributed by atoms with Crippen molar-refractivity contribution in [3.63, 3.8) is 0 Å². The number of aliphatic hydroxyl groups excluding tert-OH is 1. The van der Waals surface area contributed by atoms with Gasteiger partial charge in [-0.25, -0.2) is 0 Å². The van der Waals surface area contributed by atoms with Crippen LogP contribution in [0.4, 0.5) is 0 Å². The maximum atomic E-state index is 10.8. The zero-order valence-corrected chi connectivity index (χ0v) is 12.0. The molecule has 2 aliphatic carbocycles. The van der Waals surface area contributed by atoms with Crippen LogP contribution in [-0.4, -0.2) is 48.8 Å². The van der Waals surface area contributed by atoms with Crippen molar-refractivity contribution in [3.8, 4) is 11.5 Å². The van der Waals surface area contributed by atoms with Crippen LogP contribution < -0.4 is 9.47 Å². The predicted molar refractivity (Wildman–Crippen MR) is 82.5 cm³/mol. The molecule has 2 heterocycles. The minimum atomic E-state index is -2.82. The molecule has 1 fully saturated rings. The fourth-order valence-corrected chi connectivity index (χ4v) is 4.20. The van der Waals surface area contributed by atoms with Gasteiger partial charge in [0.15, 0.2) is 11.5 Å². The van der Waals surface area contributed by atoms with Crippen molar-refractivity contribution in [1.82, 2.24) is 4.90 Å². The second kappa shape index (κ2) is 4.06. The van der Waals surface area contributed by atoms with Gasteiger partial charge in [0.1, 0.15) is 12.2 Å². The van der Waals surface area contributed by atoms with Gasteiger partial charge < -0.3 is 19.5 Å². The van der Waals surface area contributed by atoms with Crippen LogP contribution in [0.5, 0.6) is 11.5 Å². The second-order valence-electron chi connectivity index (χ2n) is 6.15. The number of hydrogen-bond acceptors (Lipinski definition) is 4. The molecule has 5 atom stereocenters. The van der Waals surface area contributed by atoms with E-state index < -0.39 is 42.9 Å². The van der Waals surface area contributed by atoms with Crippen molar-refractivity contribution in [1.29, 1.82) is 0 Å². The summed E-state index contributed by atoms with van der Waals surface area (Å²) in [7, 11) is -1.24.